The summed E-state index contributed by atoms with van der Waals surface area (Å²) in [6, 6.07) is 12.2. The second-order valence-electron chi connectivity index (χ2n) is 3.99. The molecular formula is C15H11FN2O2. The van der Waals surface area contributed by atoms with Gasteiger partial charge in [-0.2, -0.15) is 5.26 Å². The predicted octanol–water partition coefficient (Wildman–Crippen LogP) is 2.96. The molecule has 0 heterocycles. The standard InChI is InChI=1S/C15H11FN2O2/c1-20-12-5-6-13(16)14(8-12)18-15(19)11-4-2-3-10(7-11)9-17/h2-8H,1H3,(H,18,19). The van der Waals surface area contributed by atoms with Crippen LogP contribution in [0.4, 0.5) is 10.1 Å². The lowest BCUT2D eigenvalue weighted by Gasteiger charge is -2.08. The maximum atomic E-state index is 13.6. The highest BCUT2D eigenvalue weighted by Crippen LogP contribution is 2.21. The van der Waals surface area contributed by atoms with E-state index >= 15 is 0 Å². The van der Waals surface area contributed by atoms with Gasteiger partial charge >= 0.3 is 0 Å². The zero-order valence-corrected chi connectivity index (χ0v) is 10.7. The van der Waals surface area contributed by atoms with Gasteiger partial charge in [-0.1, -0.05) is 6.07 Å². The number of hydrogen-bond donors (Lipinski definition) is 1. The van der Waals surface area contributed by atoms with E-state index in [-0.39, 0.29) is 11.3 Å². The third kappa shape index (κ3) is 2.93. The van der Waals surface area contributed by atoms with E-state index in [1.807, 2.05) is 6.07 Å². The van der Waals surface area contributed by atoms with E-state index in [2.05, 4.69) is 5.32 Å². The number of halogens is 1. The molecule has 2 aromatic rings. The normalized spacial score (nSPS) is 9.65. The molecule has 2 rings (SSSR count). The molecule has 2 aromatic carbocycles. The number of rotatable bonds is 3. The van der Waals surface area contributed by atoms with Gasteiger partial charge in [0.15, 0.2) is 0 Å². The molecular weight excluding hydrogens is 259 g/mol. The summed E-state index contributed by atoms with van der Waals surface area (Å²) in [5, 5.41) is 11.2. The van der Waals surface area contributed by atoms with Crippen LogP contribution in [0.25, 0.3) is 0 Å². The van der Waals surface area contributed by atoms with Crippen molar-refractivity contribution in [2.75, 3.05) is 12.4 Å². The number of amides is 1. The molecule has 0 spiro atoms. The van der Waals surface area contributed by atoms with Gasteiger partial charge in [0.1, 0.15) is 11.6 Å². The lowest BCUT2D eigenvalue weighted by atomic mass is 10.1. The van der Waals surface area contributed by atoms with E-state index in [0.29, 0.717) is 11.3 Å². The molecule has 0 unspecified atom stereocenters. The van der Waals surface area contributed by atoms with E-state index in [1.54, 1.807) is 18.2 Å². The molecule has 0 fully saturated rings. The van der Waals surface area contributed by atoms with Crippen LogP contribution in [0.1, 0.15) is 15.9 Å². The third-order valence-electron chi connectivity index (χ3n) is 2.68. The number of nitrogens with zero attached hydrogens (tertiary/aromatic N) is 1. The minimum atomic E-state index is -0.560. The number of hydrogen-bond acceptors (Lipinski definition) is 3. The fourth-order valence-corrected chi connectivity index (χ4v) is 1.65. The van der Waals surface area contributed by atoms with Gasteiger partial charge in [-0.15, -0.1) is 0 Å². The number of nitrogens with one attached hydrogen (secondary N) is 1. The van der Waals surface area contributed by atoms with Crippen LogP contribution in [0.2, 0.25) is 0 Å². The number of benzene rings is 2. The maximum Gasteiger partial charge on any atom is 0.255 e. The molecule has 0 aliphatic carbocycles. The first-order valence-corrected chi connectivity index (χ1v) is 5.79. The highest BCUT2D eigenvalue weighted by Gasteiger charge is 2.10. The van der Waals surface area contributed by atoms with Gasteiger partial charge in [-0.3, -0.25) is 4.79 Å². The van der Waals surface area contributed by atoms with Crippen LogP contribution in [0.3, 0.4) is 0 Å². The first kappa shape index (κ1) is 13.6. The number of carbonyl (C=O) groups excluding carboxylic acids is 1. The first-order chi connectivity index (χ1) is 9.63. The summed E-state index contributed by atoms with van der Waals surface area (Å²) in [5.41, 5.74) is 0.673. The number of nitriles is 1. The van der Waals surface area contributed by atoms with Crippen LogP contribution >= 0.6 is 0 Å². The van der Waals surface area contributed by atoms with Gasteiger partial charge in [0, 0.05) is 11.6 Å². The number of carbonyl (C=O) groups is 1. The molecule has 1 amide bonds. The van der Waals surface area contributed by atoms with Crippen molar-refractivity contribution in [2.45, 2.75) is 0 Å². The van der Waals surface area contributed by atoms with Gasteiger partial charge in [0.25, 0.3) is 5.91 Å². The molecule has 5 heteroatoms. The second-order valence-corrected chi connectivity index (χ2v) is 3.99. The summed E-state index contributed by atoms with van der Waals surface area (Å²) in [4.78, 5) is 12.0. The minimum absolute atomic E-state index is 0.0247. The van der Waals surface area contributed by atoms with Crippen LogP contribution in [0, 0.1) is 17.1 Å². The summed E-state index contributed by atoms with van der Waals surface area (Å²) in [6.45, 7) is 0. The van der Waals surface area contributed by atoms with E-state index < -0.39 is 11.7 Å². The van der Waals surface area contributed by atoms with Crippen molar-refractivity contribution >= 4 is 11.6 Å². The average molecular weight is 270 g/mol. The largest absolute Gasteiger partial charge is 0.497 e. The van der Waals surface area contributed by atoms with E-state index in [9.17, 15) is 9.18 Å². The molecule has 0 radical (unpaired) electrons. The highest BCUT2D eigenvalue weighted by molar-refractivity contribution is 6.04. The van der Waals surface area contributed by atoms with Crippen LogP contribution < -0.4 is 10.1 Å². The molecule has 100 valence electrons. The molecule has 4 nitrogen and oxygen atoms in total. The minimum Gasteiger partial charge on any atom is -0.497 e. The first-order valence-electron chi connectivity index (χ1n) is 5.79. The van der Waals surface area contributed by atoms with Crippen molar-refractivity contribution < 1.29 is 13.9 Å². The monoisotopic (exact) mass is 270 g/mol. The van der Waals surface area contributed by atoms with E-state index in [1.165, 1.54) is 31.4 Å². The zero-order chi connectivity index (χ0) is 14.5. The Bertz CT molecular complexity index is 693. The summed E-state index contributed by atoms with van der Waals surface area (Å²) in [5.74, 6) is -0.614. The molecule has 20 heavy (non-hydrogen) atoms. The Morgan fingerprint density at radius 1 is 1.30 bits per heavy atom. The summed E-state index contributed by atoms with van der Waals surface area (Å²) in [7, 11) is 1.45. The summed E-state index contributed by atoms with van der Waals surface area (Å²) >= 11 is 0. The van der Waals surface area contributed by atoms with Crippen molar-refractivity contribution in [1.82, 2.24) is 0 Å². The van der Waals surface area contributed by atoms with Crippen molar-refractivity contribution in [3.05, 3.63) is 59.4 Å². The fourth-order valence-electron chi connectivity index (χ4n) is 1.65. The van der Waals surface area contributed by atoms with E-state index in [4.69, 9.17) is 10.00 Å². The zero-order valence-electron chi connectivity index (χ0n) is 10.7. The molecule has 0 aliphatic rings. The smallest absolute Gasteiger partial charge is 0.255 e. The Balaban J connectivity index is 2.25. The molecule has 0 aliphatic heterocycles. The number of anilines is 1. The molecule has 1 N–H and O–H groups in total. The van der Waals surface area contributed by atoms with Gasteiger partial charge in [-0.25, -0.2) is 4.39 Å². The molecule has 0 bridgehead atoms. The van der Waals surface area contributed by atoms with Crippen LogP contribution in [0.15, 0.2) is 42.5 Å². The Morgan fingerprint density at radius 3 is 2.80 bits per heavy atom. The van der Waals surface area contributed by atoms with Gasteiger partial charge in [-0.05, 0) is 30.3 Å². The van der Waals surface area contributed by atoms with Crippen LogP contribution in [-0.4, -0.2) is 13.0 Å². The Morgan fingerprint density at radius 2 is 2.10 bits per heavy atom. The topological polar surface area (TPSA) is 62.1 Å². The molecule has 0 aromatic heterocycles. The Kier molecular flexibility index (Phi) is 3.96. The van der Waals surface area contributed by atoms with Gasteiger partial charge in [0.2, 0.25) is 0 Å². The average Bonchev–Trinajstić information content (AvgIpc) is 2.49. The van der Waals surface area contributed by atoms with Gasteiger partial charge in [0.05, 0.1) is 24.4 Å². The van der Waals surface area contributed by atoms with Crippen molar-refractivity contribution in [3.63, 3.8) is 0 Å². The van der Waals surface area contributed by atoms with Gasteiger partial charge < -0.3 is 10.1 Å². The van der Waals surface area contributed by atoms with Crippen LogP contribution in [0.5, 0.6) is 5.75 Å². The third-order valence-corrected chi connectivity index (χ3v) is 2.68. The Hall–Kier alpha value is -2.87. The molecule has 0 atom stereocenters. The quantitative estimate of drug-likeness (QED) is 0.932. The lowest BCUT2D eigenvalue weighted by molar-refractivity contribution is 0.102. The fraction of sp³-hybridized carbons (Fsp3) is 0.0667. The Labute approximate surface area is 115 Å². The van der Waals surface area contributed by atoms with Crippen molar-refractivity contribution in [2.24, 2.45) is 0 Å². The summed E-state index contributed by atoms with van der Waals surface area (Å²) < 4.78 is 18.6. The number of ether oxygens (including phenoxy) is 1. The van der Waals surface area contributed by atoms with E-state index in [0.717, 1.165) is 0 Å². The van der Waals surface area contributed by atoms with Crippen LogP contribution in [-0.2, 0) is 0 Å². The highest BCUT2D eigenvalue weighted by atomic mass is 19.1. The predicted molar refractivity (Wildman–Crippen MR) is 72.1 cm³/mol. The molecule has 0 saturated carbocycles. The number of methoxy groups -OCH3 is 1. The van der Waals surface area contributed by atoms with Crippen molar-refractivity contribution in [1.29, 1.82) is 5.26 Å². The van der Waals surface area contributed by atoms with Crippen molar-refractivity contribution in [3.8, 4) is 11.8 Å². The molecule has 0 saturated heterocycles. The summed E-state index contributed by atoms with van der Waals surface area (Å²) in [6.07, 6.45) is 0. The lowest BCUT2D eigenvalue weighted by Crippen LogP contribution is -2.13. The maximum absolute atomic E-state index is 13.6. The second kappa shape index (κ2) is 5.85. The SMILES string of the molecule is COc1ccc(F)c(NC(=O)c2cccc(C#N)c2)c1.